The van der Waals surface area contributed by atoms with Crippen molar-refractivity contribution in [1.82, 2.24) is 9.21 Å². The molecule has 0 radical (unpaired) electrons. The Morgan fingerprint density at radius 2 is 1.50 bits per heavy atom. The van der Waals surface area contributed by atoms with Crippen LogP contribution in [0.2, 0.25) is 0 Å². The molecule has 8 heteroatoms. The molecule has 6 nitrogen and oxygen atoms in total. The number of carbonyl (C=O) groups is 1. The van der Waals surface area contributed by atoms with Crippen LogP contribution in [-0.4, -0.2) is 62.8 Å². The van der Waals surface area contributed by atoms with Crippen molar-refractivity contribution < 1.29 is 17.6 Å². The summed E-state index contributed by atoms with van der Waals surface area (Å²) in [5.74, 6) is 0.263. The summed E-state index contributed by atoms with van der Waals surface area (Å²) in [5, 5.41) is 0. The third-order valence-corrected chi connectivity index (χ3v) is 8.18. The second-order valence-corrected chi connectivity index (χ2v) is 11.0. The molecule has 2 atom stereocenters. The number of anilines is 1. The Balaban J connectivity index is 1.41. The number of halogens is 1. The molecule has 32 heavy (non-hydrogen) atoms. The minimum atomic E-state index is -3.57. The topological polar surface area (TPSA) is 60.9 Å². The third-order valence-electron chi connectivity index (χ3n) is 6.33. The second-order valence-electron chi connectivity index (χ2n) is 9.02. The van der Waals surface area contributed by atoms with E-state index in [2.05, 4.69) is 13.8 Å². The number of carbonyl (C=O) groups excluding carboxylic acids is 1. The fourth-order valence-electron chi connectivity index (χ4n) is 4.76. The number of piperidine rings is 1. The van der Waals surface area contributed by atoms with Gasteiger partial charge in [0.1, 0.15) is 5.82 Å². The monoisotopic (exact) mass is 459 g/mol. The highest BCUT2D eigenvalue weighted by Gasteiger charge is 2.32. The molecule has 0 aromatic heterocycles. The number of rotatable bonds is 4. The zero-order valence-electron chi connectivity index (χ0n) is 18.6. The zero-order valence-corrected chi connectivity index (χ0v) is 19.4. The lowest BCUT2D eigenvalue weighted by Crippen LogP contribution is -2.49. The molecular formula is C24H30FN3O3S. The molecule has 0 N–H and O–H groups in total. The molecule has 0 aliphatic carbocycles. The van der Waals surface area contributed by atoms with Crippen LogP contribution in [0.4, 0.5) is 10.1 Å². The largest absolute Gasteiger partial charge is 0.366 e. The molecule has 0 saturated carbocycles. The van der Waals surface area contributed by atoms with Gasteiger partial charge in [-0.15, -0.1) is 0 Å². The van der Waals surface area contributed by atoms with E-state index in [1.54, 1.807) is 39.5 Å². The third kappa shape index (κ3) is 4.66. The van der Waals surface area contributed by atoms with Crippen molar-refractivity contribution in [3.05, 3.63) is 59.9 Å². The predicted octanol–water partition coefficient (Wildman–Crippen LogP) is 3.45. The number of amides is 1. The molecule has 2 heterocycles. The van der Waals surface area contributed by atoms with Gasteiger partial charge in [0, 0.05) is 44.8 Å². The van der Waals surface area contributed by atoms with Gasteiger partial charge in [-0.1, -0.05) is 26.0 Å². The Bertz CT molecular complexity index is 1060. The molecule has 2 aromatic carbocycles. The molecule has 4 rings (SSSR count). The van der Waals surface area contributed by atoms with Crippen LogP contribution in [0.15, 0.2) is 53.4 Å². The number of piperazine rings is 1. The van der Waals surface area contributed by atoms with E-state index in [0.717, 1.165) is 6.42 Å². The van der Waals surface area contributed by atoms with Gasteiger partial charge in [0.05, 0.1) is 10.6 Å². The number of benzene rings is 2. The highest BCUT2D eigenvalue weighted by molar-refractivity contribution is 7.89. The zero-order chi connectivity index (χ0) is 22.9. The van der Waals surface area contributed by atoms with Gasteiger partial charge < -0.3 is 9.80 Å². The average Bonchev–Trinajstić information content (AvgIpc) is 2.78. The van der Waals surface area contributed by atoms with Gasteiger partial charge in [-0.2, -0.15) is 4.31 Å². The van der Waals surface area contributed by atoms with E-state index in [-0.39, 0.29) is 16.6 Å². The minimum Gasteiger partial charge on any atom is -0.366 e. The van der Waals surface area contributed by atoms with Crippen LogP contribution in [0.3, 0.4) is 0 Å². The number of para-hydroxylation sites is 1. The average molecular weight is 460 g/mol. The maximum Gasteiger partial charge on any atom is 0.253 e. The fourth-order valence-corrected chi connectivity index (χ4v) is 6.44. The maximum atomic E-state index is 14.0. The van der Waals surface area contributed by atoms with Crippen LogP contribution in [0.25, 0.3) is 0 Å². The Kier molecular flexibility index (Phi) is 6.53. The first kappa shape index (κ1) is 22.7. The summed E-state index contributed by atoms with van der Waals surface area (Å²) in [6.45, 7) is 7.26. The lowest BCUT2D eigenvalue weighted by atomic mass is 9.94. The van der Waals surface area contributed by atoms with Crippen LogP contribution < -0.4 is 4.90 Å². The normalized spacial score (nSPS) is 22.7. The predicted molar refractivity (Wildman–Crippen MR) is 123 cm³/mol. The van der Waals surface area contributed by atoms with Gasteiger partial charge in [0.15, 0.2) is 0 Å². The summed E-state index contributed by atoms with van der Waals surface area (Å²) in [6.07, 6.45) is 1.03. The molecule has 0 unspecified atom stereocenters. The summed E-state index contributed by atoms with van der Waals surface area (Å²) >= 11 is 0. The second kappa shape index (κ2) is 9.19. The molecule has 2 saturated heterocycles. The van der Waals surface area contributed by atoms with Gasteiger partial charge >= 0.3 is 0 Å². The van der Waals surface area contributed by atoms with Crippen molar-refractivity contribution in [2.24, 2.45) is 11.8 Å². The summed E-state index contributed by atoms with van der Waals surface area (Å²) in [6, 6.07) is 12.9. The minimum absolute atomic E-state index is 0.137. The van der Waals surface area contributed by atoms with Crippen LogP contribution in [-0.2, 0) is 10.0 Å². The molecule has 172 valence electrons. The summed E-state index contributed by atoms with van der Waals surface area (Å²) in [4.78, 5) is 16.8. The highest BCUT2D eigenvalue weighted by Crippen LogP contribution is 2.27. The van der Waals surface area contributed by atoms with E-state index in [9.17, 15) is 17.6 Å². The van der Waals surface area contributed by atoms with Crippen molar-refractivity contribution >= 4 is 21.6 Å². The van der Waals surface area contributed by atoms with Crippen LogP contribution in [0.1, 0.15) is 30.6 Å². The van der Waals surface area contributed by atoms with E-state index in [1.807, 2.05) is 4.90 Å². The van der Waals surface area contributed by atoms with Crippen LogP contribution in [0.5, 0.6) is 0 Å². The molecule has 2 aliphatic heterocycles. The van der Waals surface area contributed by atoms with Crippen molar-refractivity contribution in [2.75, 3.05) is 44.2 Å². The molecule has 0 spiro atoms. The smallest absolute Gasteiger partial charge is 0.253 e. The van der Waals surface area contributed by atoms with Crippen LogP contribution >= 0.6 is 0 Å². The van der Waals surface area contributed by atoms with Gasteiger partial charge in [-0.05, 0) is 54.7 Å². The number of hydrogen-bond donors (Lipinski definition) is 0. The number of sulfonamides is 1. The highest BCUT2D eigenvalue weighted by atomic mass is 32.2. The van der Waals surface area contributed by atoms with E-state index >= 15 is 0 Å². The molecule has 1 amide bonds. The molecule has 2 aliphatic rings. The number of nitrogens with zero attached hydrogens (tertiary/aromatic N) is 3. The van der Waals surface area contributed by atoms with Crippen molar-refractivity contribution in [3.8, 4) is 0 Å². The Hall–Kier alpha value is -2.45. The van der Waals surface area contributed by atoms with E-state index in [1.165, 1.54) is 18.2 Å². The van der Waals surface area contributed by atoms with E-state index < -0.39 is 10.0 Å². The first-order chi connectivity index (χ1) is 15.3. The Morgan fingerprint density at radius 3 is 2.09 bits per heavy atom. The standard InChI is InChI=1S/C24H30FN3O3S/c1-18-15-19(2)17-28(16-18)32(30,31)21-9-7-20(8-10-21)24(29)27-13-11-26(12-14-27)23-6-4-3-5-22(23)25/h3-10,18-19H,11-17H2,1-2H3/t18-,19-/m0/s1. The van der Waals surface area contributed by atoms with Gasteiger partial charge in [0.25, 0.3) is 5.91 Å². The lowest BCUT2D eigenvalue weighted by Gasteiger charge is -2.36. The van der Waals surface area contributed by atoms with Gasteiger partial charge in [-0.25, -0.2) is 12.8 Å². The maximum absolute atomic E-state index is 14.0. The summed E-state index contributed by atoms with van der Waals surface area (Å²) in [7, 11) is -3.57. The molecule has 2 aromatic rings. The van der Waals surface area contributed by atoms with Crippen molar-refractivity contribution in [1.29, 1.82) is 0 Å². The SMILES string of the molecule is C[C@H]1C[C@H](C)CN(S(=O)(=O)c2ccc(C(=O)N3CCN(c4ccccc4F)CC3)cc2)C1. The Labute approximate surface area is 189 Å². The van der Waals surface area contributed by atoms with Crippen LogP contribution in [0, 0.1) is 17.7 Å². The summed E-state index contributed by atoms with van der Waals surface area (Å²) in [5.41, 5.74) is 1.01. The lowest BCUT2D eigenvalue weighted by molar-refractivity contribution is 0.0746. The first-order valence-corrected chi connectivity index (χ1v) is 12.6. The fraction of sp³-hybridized carbons (Fsp3) is 0.458. The molecular weight excluding hydrogens is 429 g/mol. The van der Waals surface area contributed by atoms with E-state index in [4.69, 9.17) is 0 Å². The first-order valence-electron chi connectivity index (χ1n) is 11.1. The van der Waals surface area contributed by atoms with Gasteiger partial charge in [-0.3, -0.25) is 4.79 Å². The van der Waals surface area contributed by atoms with Crippen molar-refractivity contribution in [2.45, 2.75) is 25.2 Å². The van der Waals surface area contributed by atoms with Crippen molar-refractivity contribution in [3.63, 3.8) is 0 Å². The molecule has 2 fully saturated rings. The Morgan fingerprint density at radius 1 is 0.906 bits per heavy atom. The van der Waals surface area contributed by atoms with E-state index in [0.29, 0.717) is 62.4 Å². The molecule has 0 bridgehead atoms. The van der Waals surface area contributed by atoms with Gasteiger partial charge in [0.2, 0.25) is 10.0 Å². The number of hydrogen-bond acceptors (Lipinski definition) is 4. The quantitative estimate of drug-likeness (QED) is 0.703. The summed E-state index contributed by atoms with van der Waals surface area (Å²) < 4.78 is 41.7.